The highest BCUT2D eigenvalue weighted by Crippen LogP contribution is 2.12. The molecule has 1 N–H and O–H groups in total. The summed E-state index contributed by atoms with van der Waals surface area (Å²) >= 11 is 0. The molecule has 0 spiro atoms. The first-order valence-corrected chi connectivity index (χ1v) is 16.3. The minimum Gasteiger partial charge on any atom is -0.457 e. The van der Waals surface area contributed by atoms with Crippen LogP contribution < -0.4 is 0 Å². The SMILES string of the molecule is CCCCCCCC/C=C\CCCCCCCCOCC(CO)OC(=O)CCCCCCCCCCC. The number of hydrogen-bond donors (Lipinski definition) is 1. The quantitative estimate of drug-likeness (QED) is 0.0577. The third-order valence-electron chi connectivity index (χ3n) is 7.09. The van der Waals surface area contributed by atoms with Gasteiger partial charge in [0, 0.05) is 13.0 Å². The van der Waals surface area contributed by atoms with Crippen LogP contribution >= 0.6 is 0 Å². The molecule has 1 atom stereocenters. The summed E-state index contributed by atoms with van der Waals surface area (Å²) in [4.78, 5) is 12.0. The molecule has 0 saturated heterocycles. The zero-order chi connectivity index (χ0) is 27.1. The van der Waals surface area contributed by atoms with Crippen molar-refractivity contribution in [3.8, 4) is 0 Å². The van der Waals surface area contributed by atoms with Gasteiger partial charge in [0.15, 0.2) is 0 Å². The predicted octanol–water partition coefficient (Wildman–Crippen LogP) is 9.87. The van der Waals surface area contributed by atoms with E-state index in [4.69, 9.17) is 9.47 Å². The predicted molar refractivity (Wildman–Crippen MR) is 159 cm³/mol. The second-order valence-electron chi connectivity index (χ2n) is 10.9. The van der Waals surface area contributed by atoms with Crippen molar-refractivity contribution in [1.82, 2.24) is 0 Å². The first-order chi connectivity index (χ1) is 18.2. The molecular formula is C33H64O4. The molecule has 4 nitrogen and oxygen atoms in total. The van der Waals surface area contributed by atoms with E-state index in [-0.39, 0.29) is 12.6 Å². The van der Waals surface area contributed by atoms with Crippen LogP contribution in [0.5, 0.6) is 0 Å². The monoisotopic (exact) mass is 524 g/mol. The van der Waals surface area contributed by atoms with Crippen LogP contribution in [-0.4, -0.2) is 37.0 Å². The van der Waals surface area contributed by atoms with Gasteiger partial charge >= 0.3 is 5.97 Å². The number of aliphatic hydroxyl groups is 1. The molecule has 1 unspecified atom stereocenters. The lowest BCUT2D eigenvalue weighted by Crippen LogP contribution is -2.27. The lowest BCUT2D eigenvalue weighted by molar-refractivity contribution is -0.154. The van der Waals surface area contributed by atoms with Gasteiger partial charge in [0.05, 0.1) is 13.2 Å². The Morgan fingerprint density at radius 1 is 0.622 bits per heavy atom. The summed E-state index contributed by atoms with van der Waals surface area (Å²) in [5, 5.41) is 9.49. The van der Waals surface area contributed by atoms with Crippen molar-refractivity contribution in [1.29, 1.82) is 0 Å². The summed E-state index contributed by atoms with van der Waals surface area (Å²) in [5.74, 6) is -0.206. The summed E-state index contributed by atoms with van der Waals surface area (Å²) in [5.41, 5.74) is 0. The van der Waals surface area contributed by atoms with Gasteiger partial charge in [0.2, 0.25) is 0 Å². The Kier molecular flexibility index (Phi) is 30.6. The number of esters is 1. The molecule has 220 valence electrons. The molecule has 0 aromatic carbocycles. The molecule has 0 heterocycles. The molecule has 0 aromatic rings. The molecule has 0 aliphatic carbocycles. The fraction of sp³-hybridized carbons (Fsp3) is 0.909. The van der Waals surface area contributed by atoms with Gasteiger partial charge in [0.1, 0.15) is 6.10 Å². The van der Waals surface area contributed by atoms with E-state index in [0.717, 1.165) is 19.3 Å². The Hall–Kier alpha value is -0.870. The fourth-order valence-corrected chi connectivity index (χ4v) is 4.62. The normalized spacial score (nSPS) is 12.4. The van der Waals surface area contributed by atoms with Crippen LogP contribution in [0.1, 0.15) is 168 Å². The van der Waals surface area contributed by atoms with Gasteiger partial charge in [-0.1, -0.05) is 135 Å². The van der Waals surface area contributed by atoms with Crippen LogP contribution in [0.2, 0.25) is 0 Å². The maximum atomic E-state index is 12.0. The minimum atomic E-state index is -0.528. The van der Waals surface area contributed by atoms with E-state index in [9.17, 15) is 9.90 Å². The molecule has 0 aromatic heterocycles. The summed E-state index contributed by atoms with van der Waals surface area (Å²) in [7, 11) is 0. The van der Waals surface area contributed by atoms with Crippen LogP contribution in [-0.2, 0) is 14.3 Å². The zero-order valence-corrected chi connectivity index (χ0v) is 25.0. The smallest absolute Gasteiger partial charge is 0.306 e. The molecular weight excluding hydrogens is 460 g/mol. The highest BCUT2D eigenvalue weighted by atomic mass is 16.6. The standard InChI is InChI=1S/C33H64O4/c1-3-5-7-9-11-13-14-15-16-17-18-19-21-23-25-27-29-36-31-32(30-34)37-33(35)28-26-24-22-20-12-10-8-6-4-2/h15-16,32,34H,3-14,17-31H2,1-2H3/b16-15-. The van der Waals surface area contributed by atoms with Gasteiger partial charge in [-0.3, -0.25) is 4.79 Å². The highest BCUT2D eigenvalue weighted by molar-refractivity contribution is 5.69. The maximum Gasteiger partial charge on any atom is 0.306 e. The summed E-state index contributed by atoms with van der Waals surface area (Å²) in [6.07, 6.45) is 33.8. The topological polar surface area (TPSA) is 55.8 Å². The number of aliphatic hydroxyl groups excluding tert-OH is 1. The van der Waals surface area contributed by atoms with Crippen LogP contribution in [0.3, 0.4) is 0 Å². The largest absolute Gasteiger partial charge is 0.457 e. The average Bonchev–Trinajstić information content (AvgIpc) is 2.90. The second kappa shape index (κ2) is 31.3. The molecule has 37 heavy (non-hydrogen) atoms. The van der Waals surface area contributed by atoms with Crippen molar-refractivity contribution in [3.63, 3.8) is 0 Å². The number of ether oxygens (including phenoxy) is 2. The van der Waals surface area contributed by atoms with Crippen molar-refractivity contribution < 1.29 is 19.4 Å². The van der Waals surface area contributed by atoms with Gasteiger partial charge in [-0.2, -0.15) is 0 Å². The Balaban J connectivity index is 3.42. The first-order valence-electron chi connectivity index (χ1n) is 16.3. The summed E-state index contributed by atoms with van der Waals surface area (Å²) < 4.78 is 11.0. The number of allylic oxidation sites excluding steroid dienone is 2. The van der Waals surface area contributed by atoms with E-state index in [2.05, 4.69) is 26.0 Å². The maximum absolute atomic E-state index is 12.0. The Morgan fingerprint density at radius 2 is 1.05 bits per heavy atom. The van der Waals surface area contributed by atoms with Gasteiger partial charge in [-0.05, 0) is 38.5 Å². The molecule has 0 aliphatic rings. The van der Waals surface area contributed by atoms with E-state index in [1.165, 1.54) is 128 Å². The second-order valence-corrected chi connectivity index (χ2v) is 10.9. The van der Waals surface area contributed by atoms with Crippen LogP contribution in [0.25, 0.3) is 0 Å². The molecule has 0 bridgehead atoms. The number of carbonyl (C=O) groups is 1. The molecule has 0 fully saturated rings. The van der Waals surface area contributed by atoms with E-state index in [1.54, 1.807) is 0 Å². The summed E-state index contributed by atoms with van der Waals surface area (Å²) in [6, 6.07) is 0. The number of unbranched alkanes of at least 4 members (excludes halogenated alkanes) is 20. The van der Waals surface area contributed by atoms with E-state index in [1.807, 2.05) is 0 Å². The fourth-order valence-electron chi connectivity index (χ4n) is 4.62. The van der Waals surface area contributed by atoms with Crippen LogP contribution in [0.4, 0.5) is 0 Å². The van der Waals surface area contributed by atoms with Crippen molar-refractivity contribution in [2.24, 2.45) is 0 Å². The van der Waals surface area contributed by atoms with Gasteiger partial charge < -0.3 is 14.6 Å². The molecule has 0 aliphatic heterocycles. The van der Waals surface area contributed by atoms with Crippen molar-refractivity contribution in [3.05, 3.63) is 12.2 Å². The van der Waals surface area contributed by atoms with E-state index < -0.39 is 6.10 Å². The van der Waals surface area contributed by atoms with E-state index in [0.29, 0.717) is 19.6 Å². The lowest BCUT2D eigenvalue weighted by atomic mass is 10.1. The van der Waals surface area contributed by atoms with Gasteiger partial charge in [-0.25, -0.2) is 0 Å². The number of hydrogen-bond acceptors (Lipinski definition) is 4. The average molecular weight is 525 g/mol. The Morgan fingerprint density at radius 3 is 1.54 bits per heavy atom. The van der Waals surface area contributed by atoms with Crippen molar-refractivity contribution in [2.75, 3.05) is 19.8 Å². The molecule has 4 heteroatoms. The lowest BCUT2D eigenvalue weighted by Gasteiger charge is -2.15. The van der Waals surface area contributed by atoms with Gasteiger partial charge in [0.25, 0.3) is 0 Å². The Bertz CT molecular complexity index is 477. The number of carbonyl (C=O) groups excluding carboxylic acids is 1. The third-order valence-corrected chi connectivity index (χ3v) is 7.09. The molecule has 0 radical (unpaired) electrons. The third kappa shape index (κ3) is 29.5. The zero-order valence-electron chi connectivity index (χ0n) is 25.0. The van der Waals surface area contributed by atoms with Crippen molar-refractivity contribution in [2.45, 2.75) is 174 Å². The minimum absolute atomic E-state index is 0.170. The Labute approximate surface area is 231 Å². The molecule has 0 amide bonds. The molecule has 0 saturated carbocycles. The van der Waals surface area contributed by atoms with E-state index >= 15 is 0 Å². The van der Waals surface area contributed by atoms with Crippen LogP contribution in [0.15, 0.2) is 12.2 Å². The highest BCUT2D eigenvalue weighted by Gasteiger charge is 2.13. The van der Waals surface area contributed by atoms with Crippen molar-refractivity contribution >= 4 is 5.97 Å². The van der Waals surface area contributed by atoms with Crippen LogP contribution in [0, 0.1) is 0 Å². The molecule has 0 rings (SSSR count). The summed E-state index contributed by atoms with van der Waals surface area (Å²) in [6.45, 7) is 5.32. The van der Waals surface area contributed by atoms with Gasteiger partial charge in [-0.15, -0.1) is 0 Å². The first kappa shape index (κ1) is 36.1. The number of rotatable bonds is 30.